The molecule has 0 aliphatic carbocycles. The third-order valence-corrected chi connectivity index (χ3v) is 2.92. The van der Waals surface area contributed by atoms with Crippen molar-refractivity contribution < 1.29 is 4.79 Å². The molecule has 0 aliphatic heterocycles. The summed E-state index contributed by atoms with van der Waals surface area (Å²) in [6, 6.07) is 8.87. The lowest BCUT2D eigenvalue weighted by atomic mass is 10.1. The number of hydrogen-bond donors (Lipinski definition) is 3. The van der Waals surface area contributed by atoms with Gasteiger partial charge in [0.1, 0.15) is 5.56 Å². The normalized spacial score (nSPS) is 10.2. The van der Waals surface area contributed by atoms with E-state index in [1.165, 1.54) is 18.5 Å². The van der Waals surface area contributed by atoms with Crippen molar-refractivity contribution in [3.8, 4) is 0 Å². The molecule has 0 spiro atoms. The first-order chi connectivity index (χ1) is 9.70. The average Bonchev–Trinajstić information content (AvgIpc) is 2.46. The van der Waals surface area contributed by atoms with Crippen molar-refractivity contribution in [3.63, 3.8) is 0 Å². The maximum atomic E-state index is 12.0. The minimum atomic E-state index is -0.414. The molecule has 0 bridgehead atoms. The molecule has 20 heavy (non-hydrogen) atoms. The minimum Gasteiger partial charge on any atom is -0.367 e. The van der Waals surface area contributed by atoms with Gasteiger partial charge in [-0.3, -0.25) is 9.59 Å². The summed E-state index contributed by atoms with van der Waals surface area (Å²) in [6.07, 6.45) is 4.66. The number of anilines is 1. The first-order valence-electron chi connectivity index (χ1n) is 6.48. The molecule has 5 nitrogen and oxygen atoms in total. The van der Waals surface area contributed by atoms with Gasteiger partial charge in [-0.25, -0.2) is 0 Å². The zero-order valence-corrected chi connectivity index (χ0v) is 11.1. The van der Waals surface area contributed by atoms with E-state index < -0.39 is 5.91 Å². The van der Waals surface area contributed by atoms with Crippen LogP contribution >= 0.6 is 0 Å². The largest absolute Gasteiger partial charge is 0.367 e. The summed E-state index contributed by atoms with van der Waals surface area (Å²) < 4.78 is 0. The summed E-state index contributed by atoms with van der Waals surface area (Å²) in [5.41, 5.74) is 7.05. The number of nitrogens with one attached hydrogen (secondary N) is 2. The Morgan fingerprint density at radius 3 is 2.90 bits per heavy atom. The predicted molar refractivity (Wildman–Crippen MR) is 78.8 cm³/mol. The number of nitrogens with two attached hydrogens (primary N) is 1. The molecular weight excluding hydrogens is 254 g/mol. The molecule has 0 aliphatic rings. The molecule has 0 saturated carbocycles. The fourth-order valence-electron chi connectivity index (χ4n) is 1.90. The highest BCUT2D eigenvalue weighted by Crippen LogP contribution is 2.12. The van der Waals surface area contributed by atoms with Gasteiger partial charge in [0.2, 0.25) is 0 Å². The molecule has 1 amide bonds. The molecule has 1 aromatic heterocycles. The third-order valence-electron chi connectivity index (χ3n) is 2.92. The van der Waals surface area contributed by atoms with Crippen LogP contribution in [-0.4, -0.2) is 17.4 Å². The molecule has 1 heterocycles. The highest BCUT2D eigenvalue weighted by Gasteiger charge is 2.09. The quantitative estimate of drug-likeness (QED) is 0.770. The van der Waals surface area contributed by atoms with Crippen molar-refractivity contribution in [1.82, 2.24) is 4.98 Å². The summed E-state index contributed by atoms with van der Waals surface area (Å²) in [7, 11) is 0. The Morgan fingerprint density at radius 2 is 2.15 bits per heavy atom. The lowest BCUT2D eigenvalue weighted by Gasteiger charge is -2.07. The van der Waals surface area contributed by atoms with Gasteiger partial charge in [0, 0.05) is 24.1 Å². The number of pyridine rings is 1. The number of H-pyrrole nitrogens is 1. The monoisotopic (exact) mass is 271 g/mol. The van der Waals surface area contributed by atoms with E-state index in [2.05, 4.69) is 10.3 Å². The maximum Gasteiger partial charge on any atom is 0.261 e. The van der Waals surface area contributed by atoms with Crippen LogP contribution in [0.1, 0.15) is 22.3 Å². The zero-order chi connectivity index (χ0) is 14.4. The van der Waals surface area contributed by atoms with Crippen molar-refractivity contribution in [1.29, 1.82) is 0 Å². The maximum absolute atomic E-state index is 12.0. The van der Waals surface area contributed by atoms with E-state index in [1.54, 1.807) is 6.07 Å². The van der Waals surface area contributed by atoms with Crippen LogP contribution < -0.4 is 16.5 Å². The molecule has 2 rings (SSSR count). The number of carbonyl (C=O) groups is 1. The molecule has 4 N–H and O–H groups in total. The Labute approximate surface area is 116 Å². The fourth-order valence-corrected chi connectivity index (χ4v) is 1.90. The highest BCUT2D eigenvalue weighted by atomic mass is 16.2. The molecule has 0 saturated heterocycles. The standard InChI is InChI=1S/C15H17N3O2/c16-7-2-4-11-3-1-5-12(9-11)18-15(20)13-10-17-8-6-14(13)19/h1,3,5-6,8-10H,2,4,7,16H2,(H,17,19)(H,18,20). The number of aryl methyl sites for hydroxylation is 1. The van der Waals surface area contributed by atoms with E-state index >= 15 is 0 Å². The SMILES string of the molecule is NCCCc1cccc(NC(=O)c2c[nH]ccc2=O)c1. The molecular formula is C15H17N3O2. The number of hydrogen-bond acceptors (Lipinski definition) is 3. The second kappa shape index (κ2) is 6.68. The van der Waals surface area contributed by atoms with E-state index in [4.69, 9.17) is 5.73 Å². The van der Waals surface area contributed by atoms with Crippen molar-refractivity contribution in [2.24, 2.45) is 5.73 Å². The summed E-state index contributed by atoms with van der Waals surface area (Å²) >= 11 is 0. The first-order valence-corrected chi connectivity index (χ1v) is 6.48. The van der Waals surface area contributed by atoms with Crippen LogP contribution in [0.15, 0.2) is 47.5 Å². The van der Waals surface area contributed by atoms with Crippen LogP contribution in [0.5, 0.6) is 0 Å². The summed E-state index contributed by atoms with van der Waals surface area (Å²) in [6.45, 7) is 0.635. The van der Waals surface area contributed by atoms with Gasteiger partial charge in [0.25, 0.3) is 5.91 Å². The van der Waals surface area contributed by atoms with Gasteiger partial charge in [-0.05, 0) is 37.1 Å². The summed E-state index contributed by atoms with van der Waals surface area (Å²) in [5, 5.41) is 2.73. The van der Waals surface area contributed by atoms with Gasteiger partial charge in [0.15, 0.2) is 5.43 Å². The van der Waals surface area contributed by atoms with Crippen LogP contribution in [-0.2, 0) is 6.42 Å². The van der Waals surface area contributed by atoms with Crippen molar-refractivity contribution in [3.05, 3.63) is 64.1 Å². The van der Waals surface area contributed by atoms with Crippen LogP contribution in [0, 0.1) is 0 Å². The molecule has 104 valence electrons. The van der Waals surface area contributed by atoms with Gasteiger partial charge in [-0.1, -0.05) is 12.1 Å². The molecule has 0 unspecified atom stereocenters. The summed E-state index contributed by atoms with van der Waals surface area (Å²) in [5.74, 6) is -0.414. The zero-order valence-electron chi connectivity index (χ0n) is 11.1. The highest BCUT2D eigenvalue weighted by molar-refractivity contribution is 6.03. The van der Waals surface area contributed by atoms with Gasteiger partial charge >= 0.3 is 0 Å². The van der Waals surface area contributed by atoms with Crippen molar-refractivity contribution >= 4 is 11.6 Å². The van der Waals surface area contributed by atoms with E-state index in [0.717, 1.165) is 18.4 Å². The Hall–Kier alpha value is -2.40. The lowest BCUT2D eigenvalue weighted by molar-refractivity contribution is 0.102. The molecule has 1 aromatic carbocycles. The van der Waals surface area contributed by atoms with E-state index in [1.807, 2.05) is 18.2 Å². The van der Waals surface area contributed by atoms with Gasteiger partial charge in [-0.15, -0.1) is 0 Å². The van der Waals surface area contributed by atoms with Gasteiger partial charge in [0.05, 0.1) is 0 Å². The van der Waals surface area contributed by atoms with Crippen LogP contribution in [0.2, 0.25) is 0 Å². The Bertz CT molecular complexity index is 649. The van der Waals surface area contributed by atoms with Crippen LogP contribution in [0.4, 0.5) is 5.69 Å². The van der Waals surface area contributed by atoms with Crippen LogP contribution in [0.25, 0.3) is 0 Å². The van der Waals surface area contributed by atoms with Gasteiger partial charge in [-0.2, -0.15) is 0 Å². The van der Waals surface area contributed by atoms with E-state index in [9.17, 15) is 9.59 Å². The average molecular weight is 271 g/mol. The number of carbonyl (C=O) groups excluding carboxylic acids is 1. The second-order valence-corrected chi connectivity index (χ2v) is 4.47. The van der Waals surface area contributed by atoms with Crippen molar-refractivity contribution in [2.45, 2.75) is 12.8 Å². The topological polar surface area (TPSA) is 88.0 Å². The number of rotatable bonds is 5. The first kappa shape index (κ1) is 14.0. The predicted octanol–water partition coefficient (Wildman–Crippen LogP) is 1.52. The number of aromatic nitrogens is 1. The fraction of sp³-hybridized carbons (Fsp3) is 0.200. The van der Waals surface area contributed by atoms with Crippen molar-refractivity contribution in [2.75, 3.05) is 11.9 Å². The Morgan fingerprint density at radius 1 is 1.30 bits per heavy atom. The molecule has 0 radical (unpaired) electrons. The van der Waals surface area contributed by atoms with Gasteiger partial charge < -0.3 is 16.0 Å². The molecule has 0 fully saturated rings. The lowest BCUT2D eigenvalue weighted by Crippen LogP contribution is -2.20. The molecule has 5 heteroatoms. The minimum absolute atomic E-state index is 0.0971. The molecule has 0 atom stereocenters. The number of amides is 1. The van der Waals surface area contributed by atoms with Crippen LogP contribution in [0.3, 0.4) is 0 Å². The Kier molecular flexibility index (Phi) is 4.68. The Balaban J connectivity index is 2.12. The number of benzene rings is 1. The van der Waals surface area contributed by atoms with E-state index in [0.29, 0.717) is 12.2 Å². The third kappa shape index (κ3) is 3.55. The smallest absolute Gasteiger partial charge is 0.261 e. The molecule has 2 aromatic rings. The van der Waals surface area contributed by atoms with E-state index in [-0.39, 0.29) is 11.0 Å². The second-order valence-electron chi connectivity index (χ2n) is 4.47. The summed E-state index contributed by atoms with van der Waals surface area (Å²) in [4.78, 5) is 26.3. The number of aromatic amines is 1.